The number of carbonyl (C=O) groups is 2. The fourth-order valence-electron chi connectivity index (χ4n) is 4.17. The van der Waals surface area contributed by atoms with Crippen LogP contribution in [0, 0.1) is 0 Å². The van der Waals surface area contributed by atoms with E-state index in [1.54, 1.807) is 24.6 Å². The number of morpholine rings is 1. The van der Waals surface area contributed by atoms with E-state index < -0.39 is 11.9 Å². The van der Waals surface area contributed by atoms with Crippen molar-refractivity contribution in [3.63, 3.8) is 0 Å². The fraction of sp³-hybridized carbons (Fsp3) is 0.522. The highest BCUT2D eigenvalue weighted by atomic mass is 32.1. The molecule has 2 aromatic rings. The summed E-state index contributed by atoms with van der Waals surface area (Å²) in [5.74, 6) is -1.51. The molecule has 0 spiro atoms. The minimum absolute atomic E-state index is 0.0600. The van der Waals surface area contributed by atoms with Crippen LogP contribution in [0.1, 0.15) is 46.7 Å². The number of rotatable bonds is 7. The lowest BCUT2D eigenvalue weighted by Crippen LogP contribution is -2.52. The molecule has 0 radical (unpaired) electrons. The first-order valence-electron chi connectivity index (χ1n) is 11.0. The van der Waals surface area contributed by atoms with Crippen molar-refractivity contribution >= 4 is 34.0 Å². The Hall–Kier alpha value is -2.53. The number of ether oxygens (including phenoxy) is 2. The molecule has 2 aliphatic rings. The summed E-state index contributed by atoms with van der Waals surface area (Å²) < 4.78 is 11.0. The van der Waals surface area contributed by atoms with E-state index in [0.29, 0.717) is 19.8 Å². The summed E-state index contributed by atoms with van der Waals surface area (Å²) in [6.45, 7) is 8.47. The van der Waals surface area contributed by atoms with Crippen LogP contribution in [0.4, 0.5) is 10.8 Å². The molecule has 2 N–H and O–H groups in total. The number of amides is 1. The lowest BCUT2D eigenvalue weighted by Gasteiger charge is -2.42. The molecule has 0 aliphatic carbocycles. The monoisotopic (exact) mass is 474 g/mol. The Balaban J connectivity index is 1.46. The summed E-state index contributed by atoms with van der Waals surface area (Å²) in [7, 11) is 1.70. The van der Waals surface area contributed by atoms with Crippen molar-refractivity contribution in [3.05, 3.63) is 40.4 Å². The van der Waals surface area contributed by atoms with E-state index in [2.05, 4.69) is 33.9 Å². The molecule has 1 amide bonds. The van der Waals surface area contributed by atoms with Gasteiger partial charge in [0, 0.05) is 44.2 Å². The third kappa shape index (κ3) is 5.35. The number of hydrogen-bond acceptors (Lipinski definition) is 8. The number of nitrogens with one attached hydrogen (secondary N) is 1. The van der Waals surface area contributed by atoms with Crippen molar-refractivity contribution in [1.29, 1.82) is 0 Å². The Morgan fingerprint density at radius 2 is 2.18 bits per heavy atom. The molecule has 0 bridgehead atoms. The van der Waals surface area contributed by atoms with E-state index in [1.807, 2.05) is 6.07 Å². The first-order chi connectivity index (χ1) is 15.8. The van der Waals surface area contributed by atoms with E-state index in [-0.39, 0.29) is 28.6 Å². The van der Waals surface area contributed by atoms with Crippen LogP contribution in [0.2, 0.25) is 0 Å². The van der Waals surface area contributed by atoms with Gasteiger partial charge >= 0.3 is 5.97 Å². The molecule has 2 saturated heterocycles. The summed E-state index contributed by atoms with van der Waals surface area (Å²) in [4.78, 5) is 33.6. The highest BCUT2D eigenvalue weighted by molar-refractivity contribution is 7.14. The number of nitrogens with zero attached hydrogens (tertiary/aromatic N) is 3. The highest BCUT2D eigenvalue weighted by Crippen LogP contribution is 2.27. The number of carboxylic acids is 1. The molecule has 33 heavy (non-hydrogen) atoms. The molecule has 3 heterocycles. The maximum absolute atomic E-state index is 12.8. The predicted octanol–water partition coefficient (Wildman–Crippen LogP) is 2.93. The third-order valence-electron chi connectivity index (χ3n) is 6.23. The van der Waals surface area contributed by atoms with E-state index in [9.17, 15) is 14.7 Å². The highest BCUT2D eigenvalue weighted by Gasteiger charge is 2.31. The summed E-state index contributed by atoms with van der Waals surface area (Å²) in [6.07, 6.45) is 1.10. The molecule has 10 heteroatoms. The van der Waals surface area contributed by atoms with Crippen LogP contribution in [0.25, 0.3) is 0 Å². The molecule has 9 nitrogen and oxygen atoms in total. The average molecular weight is 475 g/mol. The van der Waals surface area contributed by atoms with E-state index in [0.717, 1.165) is 36.8 Å². The second-order valence-corrected chi connectivity index (χ2v) is 9.87. The summed E-state index contributed by atoms with van der Waals surface area (Å²) in [5.41, 5.74) is 1.33. The van der Waals surface area contributed by atoms with Gasteiger partial charge in [0.15, 0.2) is 5.13 Å². The Labute approximate surface area is 197 Å². The third-order valence-corrected chi connectivity index (χ3v) is 7.13. The van der Waals surface area contributed by atoms with Gasteiger partial charge in [0.25, 0.3) is 5.91 Å². The zero-order valence-electron chi connectivity index (χ0n) is 19.2. The molecular weight excluding hydrogens is 444 g/mol. The Bertz CT molecular complexity index is 1020. The van der Waals surface area contributed by atoms with E-state index in [4.69, 9.17) is 9.47 Å². The number of thiazole rings is 1. The average Bonchev–Trinajstić information content (AvgIpc) is 3.45. The number of carbonyl (C=O) groups excluding carboxylic acids is 1. The summed E-state index contributed by atoms with van der Waals surface area (Å²) in [6, 6.07) is 5.14. The predicted molar refractivity (Wildman–Crippen MR) is 126 cm³/mol. The van der Waals surface area contributed by atoms with Crippen molar-refractivity contribution < 1.29 is 24.2 Å². The van der Waals surface area contributed by atoms with E-state index in [1.165, 1.54) is 11.3 Å². The van der Waals surface area contributed by atoms with Gasteiger partial charge in [0.1, 0.15) is 5.69 Å². The van der Waals surface area contributed by atoms with Gasteiger partial charge in [-0.05, 0) is 38.0 Å². The largest absolute Gasteiger partial charge is 0.478 e. The maximum Gasteiger partial charge on any atom is 0.337 e. The number of aromatic carboxylic acids is 1. The first kappa shape index (κ1) is 23.6. The Morgan fingerprint density at radius 3 is 2.88 bits per heavy atom. The van der Waals surface area contributed by atoms with Crippen LogP contribution < -0.4 is 10.2 Å². The number of hydrogen-bond donors (Lipinski definition) is 2. The minimum atomic E-state index is -1.09. The van der Waals surface area contributed by atoms with Gasteiger partial charge in [0.05, 0.1) is 30.6 Å². The number of anilines is 2. The van der Waals surface area contributed by atoms with Crippen LogP contribution in [0.5, 0.6) is 0 Å². The normalized spacial score (nSPS) is 20.7. The molecule has 0 unspecified atom stereocenters. The molecular formula is C23H30N4O5S. The number of aromatic nitrogens is 1. The molecule has 0 saturated carbocycles. The van der Waals surface area contributed by atoms with Crippen LogP contribution in [-0.4, -0.2) is 78.5 Å². The van der Waals surface area contributed by atoms with Crippen LogP contribution >= 0.6 is 11.3 Å². The number of methoxy groups -OCH3 is 1. The lowest BCUT2D eigenvalue weighted by atomic mass is 10.0. The molecule has 4 rings (SSSR count). The minimum Gasteiger partial charge on any atom is -0.478 e. The SMILES string of the molecule is CO[C@H]1CCN(c2nc(C(=O)Nc3ccc(CN4CCOCC4(C)C)cc3C(=O)O)cs2)C1. The van der Waals surface area contributed by atoms with Gasteiger partial charge in [-0.25, -0.2) is 9.78 Å². The van der Waals surface area contributed by atoms with Crippen molar-refractivity contribution in [1.82, 2.24) is 9.88 Å². The molecule has 2 aliphatic heterocycles. The Morgan fingerprint density at radius 1 is 1.36 bits per heavy atom. The quantitative estimate of drug-likeness (QED) is 0.631. The first-order valence-corrected chi connectivity index (χ1v) is 11.9. The summed E-state index contributed by atoms with van der Waals surface area (Å²) in [5, 5.41) is 14.9. The lowest BCUT2D eigenvalue weighted by molar-refractivity contribution is -0.0552. The van der Waals surface area contributed by atoms with Crippen molar-refractivity contribution in [2.24, 2.45) is 0 Å². The van der Waals surface area contributed by atoms with Gasteiger partial charge < -0.3 is 24.8 Å². The molecule has 178 valence electrons. The zero-order valence-corrected chi connectivity index (χ0v) is 20.0. The van der Waals surface area contributed by atoms with Crippen molar-refractivity contribution in [2.75, 3.05) is 50.2 Å². The van der Waals surface area contributed by atoms with Crippen LogP contribution in [-0.2, 0) is 16.0 Å². The Kier molecular flexibility index (Phi) is 6.99. The molecule has 1 atom stereocenters. The fourth-order valence-corrected chi connectivity index (χ4v) is 5.02. The molecule has 1 aromatic carbocycles. The van der Waals surface area contributed by atoms with Gasteiger partial charge in [-0.1, -0.05) is 6.07 Å². The topological polar surface area (TPSA) is 104 Å². The van der Waals surface area contributed by atoms with Crippen molar-refractivity contribution in [3.8, 4) is 0 Å². The van der Waals surface area contributed by atoms with E-state index >= 15 is 0 Å². The van der Waals surface area contributed by atoms with Crippen LogP contribution in [0.3, 0.4) is 0 Å². The van der Waals surface area contributed by atoms with Crippen molar-refractivity contribution in [2.45, 2.75) is 38.5 Å². The standard InChI is InChI=1S/C23H30N4O5S/c1-23(2)14-32-9-8-27(23)11-15-4-5-18(17(10-15)21(29)30)24-20(28)19-13-33-22(25-19)26-7-6-16(12-26)31-3/h4-5,10,13,16H,6-9,11-12,14H2,1-3H3,(H,24,28)(H,29,30)/t16-/m0/s1. The van der Waals surface area contributed by atoms with Gasteiger partial charge in [0.2, 0.25) is 0 Å². The van der Waals surface area contributed by atoms with Crippen LogP contribution in [0.15, 0.2) is 23.6 Å². The number of carboxylic acid groups (broad SMARTS) is 1. The number of benzene rings is 1. The zero-order chi connectivity index (χ0) is 23.6. The maximum atomic E-state index is 12.8. The molecule has 1 aromatic heterocycles. The smallest absolute Gasteiger partial charge is 0.337 e. The summed E-state index contributed by atoms with van der Waals surface area (Å²) >= 11 is 1.40. The van der Waals surface area contributed by atoms with Gasteiger partial charge in [-0.3, -0.25) is 9.69 Å². The van der Waals surface area contributed by atoms with Gasteiger partial charge in [-0.15, -0.1) is 11.3 Å². The second-order valence-electron chi connectivity index (χ2n) is 9.03. The van der Waals surface area contributed by atoms with Gasteiger partial charge in [-0.2, -0.15) is 0 Å². The second kappa shape index (κ2) is 9.76. The molecule has 2 fully saturated rings.